The maximum absolute atomic E-state index is 13.8. The molecule has 0 amide bonds. The number of nitrogens with zero attached hydrogens (tertiary/aromatic N) is 4. The van der Waals surface area contributed by atoms with E-state index in [1.807, 2.05) is 0 Å². The molecule has 4 heterocycles. The van der Waals surface area contributed by atoms with Crippen LogP contribution in [0.2, 0.25) is 0 Å². The van der Waals surface area contributed by atoms with E-state index < -0.39 is 24.3 Å². The minimum Gasteiger partial charge on any atom is -0.391 e. The Hall–Kier alpha value is -2.14. The number of nitrogens with two attached hydrogens (primary N) is 1. The summed E-state index contributed by atoms with van der Waals surface area (Å²) < 4.78 is 57.3. The zero-order valence-electron chi connectivity index (χ0n) is 15.2. The lowest BCUT2D eigenvalue weighted by Crippen LogP contribution is -2.23. The van der Waals surface area contributed by atoms with E-state index in [0.29, 0.717) is 25.4 Å². The highest BCUT2D eigenvalue weighted by atomic mass is 19.4. The Labute approximate surface area is 159 Å². The van der Waals surface area contributed by atoms with E-state index in [1.165, 1.54) is 16.8 Å². The molecular formula is C17H23F4N5O2. The van der Waals surface area contributed by atoms with E-state index in [4.69, 9.17) is 15.6 Å². The van der Waals surface area contributed by atoms with E-state index in [-0.39, 0.29) is 24.1 Å². The fourth-order valence-corrected chi connectivity index (χ4v) is 3.43. The minimum atomic E-state index is -4.18. The second-order valence-corrected chi connectivity index (χ2v) is 7.05. The number of halogens is 4. The highest BCUT2D eigenvalue weighted by molar-refractivity contribution is 5.59. The standard InChI is InChI=1S/C12H13F4N5.C5H10O2/c13-8-3-10(21-9(8)5-18-11(17)19-21)20-2-1-7(6-20)4-12(14,15)16;6-5-2-1-3-7-4-5/h3,5,7H,1-2,4,6H2,(H2,17,19);5-6H,1-4H2. The first-order valence-corrected chi connectivity index (χ1v) is 9.10. The van der Waals surface area contributed by atoms with Gasteiger partial charge in [0, 0.05) is 32.2 Å². The summed E-state index contributed by atoms with van der Waals surface area (Å²) in [7, 11) is 0. The van der Waals surface area contributed by atoms with Crippen molar-refractivity contribution < 1.29 is 27.4 Å². The number of alkyl halides is 3. The van der Waals surface area contributed by atoms with Gasteiger partial charge in [0.05, 0.1) is 18.9 Å². The van der Waals surface area contributed by atoms with Gasteiger partial charge in [-0.25, -0.2) is 13.9 Å². The van der Waals surface area contributed by atoms with Crippen LogP contribution in [0.5, 0.6) is 0 Å². The van der Waals surface area contributed by atoms with E-state index in [0.717, 1.165) is 19.4 Å². The van der Waals surface area contributed by atoms with Crippen LogP contribution in [0.4, 0.5) is 29.3 Å². The predicted octanol–water partition coefficient (Wildman–Crippen LogP) is 2.39. The van der Waals surface area contributed by atoms with Crippen LogP contribution in [-0.4, -0.2) is 58.3 Å². The summed E-state index contributed by atoms with van der Waals surface area (Å²) >= 11 is 0. The Morgan fingerprint density at radius 1 is 1.32 bits per heavy atom. The second-order valence-electron chi connectivity index (χ2n) is 7.05. The van der Waals surface area contributed by atoms with Gasteiger partial charge in [0.1, 0.15) is 11.3 Å². The molecule has 156 valence electrons. The number of fused-ring (bicyclic) bond motifs is 1. The first-order valence-electron chi connectivity index (χ1n) is 9.10. The average molecular weight is 405 g/mol. The van der Waals surface area contributed by atoms with Crippen LogP contribution in [0, 0.1) is 11.7 Å². The topological polar surface area (TPSA) is 88.9 Å². The maximum atomic E-state index is 13.8. The molecule has 3 N–H and O–H groups in total. The third-order valence-corrected chi connectivity index (χ3v) is 4.73. The SMILES string of the molecule is Nc1ncc2c(F)cc(N3CCC(CC(F)(F)F)C3)n2n1.OC1CCCOC1. The van der Waals surface area contributed by atoms with Gasteiger partial charge in [-0.15, -0.1) is 5.10 Å². The van der Waals surface area contributed by atoms with Gasteiger partial charge in [0.25, 0.3) is 0 Å². The number of hydrogen-bond donors (Lipinski definition) is 2. The minimum absolute atomic E-state index is 0.0228. The molecule has 2 saturated heterocycles. The van der Waals surface area contributed by atoms with Gasteiger partial charge in [-0.3, -0.25) is 0 Å². The van der Waals surface area contributed by atoms with Gasteiger partial charge < -0.3 is 20.5 Å². The lowest BCUT2D eigenvalue weighted by atomic mass is 10.1. The van der Waals surface area contributed by atoms with Crippen molar-refractivity contribution in [2.75, 3.05) is 36.9 Å². The summed E-state index contributed by atoms with van der Waals surface area (Å²) in [5.41, 5.74) is 5.63. The van der Waals surface area contributed by atoms with Crippen molar-refractivity contribution in [3.8, 4) is 0 Å². The van der Waals surface area contributed by atoms with Crippen LogP contribution in [-0.2, 0) is 4.74 Å². The number of hydrogen-bond acceptors (Lipinski definition) is 6. The summed E-state index contributed by atoms with van der Waals surface area (Å²) in [4.78, 5) is 5.40. The van der Waals surface area contributed by atoms with Crippen molar-refractivity contribution in [3.63, 3.8) is 0 Å². The summed E-state index contributed by atoms with van der Waals surface area (Å²) in [5, 5.41) is 12.7. The van der Waals surface area contributed by atoms with Gasteiger partial charge >= 0.3 is 6.18 Å². The van der Waals surface area contributed by atoms with Gasteiger partial charge in [-0.1, -0.05) is 0 Å². The van der Waals surface area contributed by atoms with Crippen LogP contribution < -0.4 is 10.6 Å². The Bertz CT molecular complexity index is 792. The lowest BCUT2D eigenvalue weighted by molar-refractivity contribution is -0.142. The largest absolute Gasteiger partial charge is 0.391 e. The zero-order valence-corrected chi connectivity index (χ0v) is 15.2. The van der Waals surface area contributed by atoms with Crippen LogP contribution in [0.25, 0.3) is 5.52 Å². The quantitative estimate of drug-likeness (QED) is 0.746. The number of aromatic nitrogens is 3. The average Bonchev–Trinajstić information content (AvgIpc) is 3.19. The molecule has 11 heteroatoms. The van der Waals surface area contributed by atoms with E-state index in [2.05, 4.69) is 10.1 Å². The van der Waals surface area contributed by atoms with E-state index in [1.54, 1.807) is 4.90 Å². The van der Waals surface area contributed by atoms with Crippen molar-refractivity contribution >= 4 is 17.3 Å². The highest BCUT2D eigenvalue weighted by Gasteiger charge is 2.36. The second kappa shape index (κ2) is 8.48. The smallest absolute Gasteiger partial charge is 0.389 e. The van der Waals surface area contributed by atoms with Gasteiger partial charge in [0.2, 0.25) is 5.95 Å². The molecule has 2 fully saturated rings. The molecule has 2 unspecified atom stereocenters. The van der Waals surface area contributed by atoms with Gasteiger partial charge in [-0.2, -0.15) is 13.2 Å². The lowest BCUT2D eigenvalue weighted by Gasteiger charge is -2.18. The van der Waals surface area contributed by atoms with Crippen molar-refractivity contribution in [1.82, 2.24) is 14.6 Å². The van der Waals surface area contributed by atoms with Gasteiger partial charge in [-0.05, 0) is 25.2 Å². The number of rotatable bonds is 2. The molecule has 7 nitrogen and oxygen atoms in total. The predicted molar refractivity (Wildman–Crippen MR) is 94.4 cm³/mol. The first kappa shape index (κ1) is 20.6. The first-order chi connectivity index (χ1) is 13.2. The Morgan fingerprint density at radius 2 is 2.11 bits per heavy atom. The van der Waals surface area contributed by atoms with E-state index in [9.17, 15) is 17.6 Å². The zero-order chi connectivity index (χ0) is 20.3. The molecule has 2 atom stereocenters. The van der Waals surface area contributed by atoms with Crippen molar-refractivity contribution in [3.05, 3.63) is 18.1 Å². The molecule has 4 rings (SSSR count). The summed E-state index contributed by atoms with van der Waals surface area (Å²) in [6, 6.07) is 1.25. The van der Waals surface area contributed by atoms with Crippen molar-refractivity contribution in [2.24, 2.45) is 5.92 Å². The molecule has 2 aliphatic rings. The number of aliphatic hydroxyl groups is 1. The monoisotopic (exact) mass is 405 g/mol. The number of aliphatic hydroxyl groups excluding tert-OH is 1. The fourth-order valence-electron chi connectivity index (χ4n) is 3.43. The fraction of sp³-hybridized carbons (Fsp3) is 0.647. The molecule has 2 aromatic heterocycles. The molecule has 2 aliphatic heterocycles. The summed E-state index contributed by atoms with van der Waals surface area (Å²) in [5.74, 6) is -0.631. The summed E-state index contributed by atoms with van der Waals surface area (Å²) in [6.07, 6.45) is -1.60. The number of anilines is 2. The van der Waals surface area contributed by atoms with E-state index >= 15 is 0 Å². The molecule has 0 saturated carbocycles. The third-order valence-electron chi connectivity index (χ3n) is 4.73. The Balaban J connectivity index is 0.000000271. The molecular weight excluding hydrogens is 382 g/mol. The molecule has 0 aliphatic carbocycles. The maximum Gasteiger partial charge on any atom is 0.389 e. The molecule has 0 bridgehead atoms. The molecule has 0 spiro atoms. The highest BCUT2D eigenvalue weighted by Crippen LogP contribution is 2.33. The van der Waals surface area contributed by atoms with Crippen LogP contribution in [0.15, 0.2) is 12.3 Å². The number of ether oxygens (including phenoxy) is 1. The molecule has 0 radical (unpaired) electrons. The normalized spacial score (nSPS) is 23.0. The van der Waals surface area contributed by atoms with Crippen molar-refractivity contribution in [2.45, 2.75) is 38.0 Å². The Morgan fingerprint density at radius 3 is 2.71 bits per heavy atom. The van der Waals surface area contributed by atoms with Crippen LogP contribution in [0.3, 0.4) is 0 Å². The number of nitrogen functional groups attached to an aromatic ring is 1. The molecule has 28 heavy (non-hydrogen) atoms. The van der Waals surface area contributed by atoms with Gasteiger partial charge in [0.15, 0.2) is 5.82 Å². The van der Waals surface area contributed by atoms with Crippen LogP contribution in [0.1, 0.15) is 25.7 Å². The summed E-state index contributed by atoms with van der Waals surface area (Å²) in [6.45, 7) is 2.02. The van der Waals surface area contributed by atoms with Crippen molar-refractivity contribution in [1.29, 1.82) is 0 Å². The molecule has 0 aromatic carbocycles. The van der Waals surface area contributed by atoms with Crippen LogP contribution >= 0.6 is 0 Å². The molecule has 2 aromatic rings. The third kappa shape index (κ3) is 5.22. The Kier molecular flexibility index (Phi) is 6.23.